The molecule has 0 fully saturated rings. The van der Waals surface area contributed by atoms with E-state index in [1.807, 2.05) is 13.8 Å². The Morgan fingerprint density at radius 1 is 1.31 bits per heavy atom. The fourth-order valence-corrected chi connectivity index (χ4v) is 0.599. The number of methoxy groups -OCH3 is 1. The molecule has 4 nitrogen and oxygen atoms in total. The summed E-state index contributed by atoms with van der Waals surface area (Å²) in [6.45, 7) is 5.35. The summed E-state index contributed by atoms with van der Waals surface area (Å²) in [4.78, 5) is 10.9. The molecule has 0 saturated carbocycles. The quantitative estimate of drug-likeness (QED) is 0.441. The van der Waals surface area contributed by atoms with Crippen molar-refractivity contribution in [2.45, 2.75) is 13.8 Å². The molecule has 0 radical (unpaired) electrons. The van der Waals surface area contributed by atoms with E-state index in [4.69, 9.17) is 14.2 Å². The van der Waals surface area contributed by atoms with Crippen molar-refractivity contribution in [2.24, 2.45) is 5.92 Å². The average Bonchev–Trinajstić information content (AvgIpc) is 2.09. The summed E-state index contributed by atoms with van der Waals surface area (Å²) >= 11 is 0. The third-order valence-electron chi connectivity index (χ3n) is 1.23. The normalized spacial score (nSPS) is 10.5. The van der Waals surface area contributed by atoms with Crippen LogP contribution in [0, 0.1) is 5.92 Å². The first-order valence-electron chi connectivity index (χ1n) is 4.39. The maximum Gasteiger partial charge on any atom is 0.332 e. The Hall–Kier alpha value is -0.610. The Labute approximate surface area is 79.2 Å². The van der Waals surface area contributed by atoms with Gasteiger partial charge in [-0.25, -0.2) is 4.79 Å². The molecule has 0 aliphatic carbocycles. The Kier molecular flexibility index (Phi) is 7.63. The van der Waals surface area contributed by atoms with Crippen molar-refractivity contribution >= 4 is 5.97 Å². The van der Waals surface area contributed by atoms with Crippen LogP contribution >= 0.6 is 0 Å². The first-order valence-corrected chi connectivity index (χ1v) is 4.39. The van der Waals surface area contributed by atoms with E-state index in [-0.39, 0.29) is 12.6 Å². The summed E-state index contributed by atoms with van der Waals surface area (Å²) in [5, 5.41) is 0. The minimum absolute atomic E-state index is 0.0100. The second-order valence-electron chi connectivity index (χ2n) is 3.12. The van der Waals surface area contributed by atoms with Gasteiger partial charge >= 0.3 is 5.97 Å². The van der Waals surface area contributed by atoms with Crippen molar-refractivity contribution in [1.29, 1.82) is 0 Å². The molecule has 0 aromatic heterocycles. The number of ether oxygens (including phenoxy) is 3. The van der Waals surface area contributed by atoms with Gasteiger partial charge in [0.15, 0.2) is 0 Å². The summed E-state index contributed by atoms with van der Waals surface area (Å²) < 4.78 is 14.6. The highest BCUT2D eigenvalue weighted by atomic mass is 16.6. The van der Waals surface area contributed by atoms with Gasteiger partial charge < -0.3 is 14.2 Å². The van der Waals surface area contributed by atoms with Gasteiger partial charge in [0.2, 0.25) is 0 Å². The standard InChI is InChI=1S/C9H18O4/c1-8(2)6-13-9(10)7-12-5-4-11-3/h8H,4-7H2,1-3H3. The number of hydrogen-bond acceptors (Lipinski definition) is 4. The molecule has 0 heterocycles. The van der Waals surface area contributed by atoms with Crippen molar-refractivity contribution < 1.29 is 19.0 Å². The van der Waals surface area contributed by atoms with E-state index in [0.29, 0.717) is 25.7 Å². The van der Waals surface area contributed by atoms with Crippen LogP contribution in [0.5, 0.6) is 0 Å². The highest BCUT2D eigenvalue weighted by molar-refractivity contribution is 5.70. The average molecular weight is 190 g/mol. The first kappa shape index (κ1) is 12.4. The molecule has 0 aromatic rings. The lowest BCUT2D eigenvalue weighted by molar-refractivity contribution is -0.150. The maximum atomic E-state index is 10.9. The van der Waals surface area contributed by atoms with Crippen LogP contribution in [0.3, 0.4) is 0 Å². The fraction of sp³-hybridized carbons (Fsp3) is 0.889. The van der Waals surface area contributed by atoms with E-state index >= 15 is 0 Å². The minimum atomic E-state index is -0.315. The van der Waals surface area contributed by atoms with Crippen LogP contribution < -0.4 is 0 Å². The monoisotopic (exact) mass is 190 g/mol. The molecule has 0 aliphatic rings. The van der Waals surface area contributed by atoms with Crippen LogP contribution in [0.25, 0.3) is 0 Å². The third-order valence-corrected chi connectivity index (χ3v) is 1.23. The third kappa shape index (κ3) is 9.30. The van der Waals surface area contributed by atoms with Gasteiger partial charge in [-0.1, -0.05) is 13.8 Å². The zero-order valence-corrected chi connectivity index (χ0v) is 8.54. The molecular formula is C9H18O4. The second kappa shape index (κ2) is 8.01. The van der Waals surface area contributed by atoms with E-state index in [1.54, 1.807) is 7.11 Å². The Morgan fingerprint density at radius 3 is 2.54 bits per heavy atom. The zero-order valence-electron chi connectivity index (χ0n) is 8.54. The minimum Gasteiger partial charge on any atom is -0.464 e. The lowest BCUT2D eigenvalue weighted by Crippen LogP contribution is -2.17. The van der Waals surface area contributed by atoms with Crippen molar-refractivity contribution in [3.8, 4) is 0 Å². The molecule has 78 valence electrons. The summed E-state index contributed by atoms with van der Waals surface area (Å²) in [6, 6.07) is 0. The number of esters is 1. The van der Waals surface area contributed by atoms with E-state index in [1.165, 1.54) is 0 Å². The Bertz CT molecular complexity index is 134. The van der Waals surface area contributed by atoms with Crippen LogP contribution in [0.1, 0.15) is 13.8 Å². The molecule has 4 heteroatoms. The van der Waals surface area contributed by atoms with Gasteiger partial charge in [-0.05, 0) is 5.92 Å². The highest BCUT2D eigenvalue weighted by Crippen LogP contribution is 1.93. The smallest absolute Gasteiger partial charge is 0.332 e. The van der Waals surface area contributed by atoms with Gasteiger partial charge in [0.25, 0.3) is 0 Å². The Balaban J connectivity index is 3.20. The molecule has 0 saturated heterocycles. The van der Waals surface area contributed by atoms with Gasteiger partial charge in [-0.3, -0.25) is 0 Å². The summed E-state index contributed by atoms with van der Waals surface area (Å²) in [5.41, 5.74) is 0. The van der Waals surface area contributed by atoms with E-state index in [0.717, 1.165) is 0 Å². The molecule has 0 spiro atoms. The van der Waals surface area contributed by atoms with Gasteiger partial charge in [0, 0.05) is 7.11 Å². The number of rotatable bonds is 7. The Morgan fingerprint density at radius 2 is 2.00 bits per heavy atom. The molecule has 0 rings (SSSR count). The van der Waals surface area contributed by atoms with Gasteiger partial charge in [-0.2, -0.15) is 0 Å². The SMILES string of the molecule is COCCOCC(=O)OCC(C)C. The van der Waals surface area contributed by atoms with E-state index in [2.05, 4.69) is 0 Å². The second-order valence-corrected chi connectivity index (χ2v) is 3.12. The van der Waals surface area contributed by atoms with Crippen molar-refractivity contribution in [1.82, 2.24) is 0 Å². The molecule has 0 bridgehead atoms. The van der Waals surface area contributed by atoms with E-state index < -0.39 is 0 Å². The largest absolute Gasteiger partial charge is 0.464 e. The van der Waals surface area contributed by atoms with Gasteiger partial charge in [0.1, 0.15) is 6.61 Å². The molecule has 0 aliphatic heterocycles. The maximum absolute atomic E-state index is 10.9. The zero-order chi connectivity index (χ0) is 10.1. The molecule has 0 aromatic carbocycles. The number of carbonyl (C=O) groups is 1. The predicted molar refractivity (Wildman–Crippen MR) is 48.5 cm³/mol. The molecule has 0 atom stereocenters. The molecular weight excluding hydrogens is 172 g/mol. The summed E-state index contributed by atoms with van der Waals surface area (Å²) in [7, 11) is 1.58. The van der Waals surface area contributed by atoms with Crippen LogP contribution in [0.4, 0.5) is 0 Å². The van der Waals surface area contributed by atoms with Gasteiger partial charge in [0.05, 0.1) is 19.8 Å². The molecule has 0 unspecified atom stereocenters. The first-order chi connectivity index (χ1) is 6.16. The van der Waals surface area contributed by atoms with Crippen LogP contribution in [-0.2, 0) is 19.0 Å². The van der Waals surface area contributed by atoms with Crippen LogP contribution in [0.2, 0.25) is 0 Å². The van der Waals surface area contributed by atoms with Gasteiger partial charge in [-0.15, -0.1) is 0 Å². The lowest BCUT2D eigenvalue weighted by atomic mass is 10.2. The van der Waals surface area contributed by atoms with Crippen LogP contribution in [-0.4, -0.2) is 39.5 Å². The number of carbonyl (C=O) groups excluding carboxylic acids is 1. The van der Waals surface area contributed by atoms with E-state index in [9.17, 15) is 4.79 Å². The molecule has 0 amide bonds. The van der Waals surface area contributed by atoms with Crippen molar-refractivity contribution in [2.75, 3.05) is 33.5 Å². The van der Waals surface area contributed by atoms with Crippen molar-refractivity contribution in [3.05, 3.63) is 0 Å². The predicted octanol–water partition coefficient (Wildman–Crippen LogP) is 0.849. The summed E-state index contributed by atoms with van der Waals surface area (Å²) in [6.07, 6.45) is 0. The topological polar surface area (TPSA) is 44.8 Å². The van der Waals surface area contributed by atoms with Crippen molar-refractivity contribution in [3.63, 3.8) is 0 Å². The van der Waals surface area contributed by atoms with Crippen LogP contribution in [0.15, 0.2) is 0 Å². The number of hydrogen-bond donors (Lipinski definition) is 0. The fourth-order valence-electron chi connectivity index (χ4n) is 0.599. The summed E-state index contributed by atoms with van der Waals surface area (Å²) in [5.74, 6) is 0.0488. The lowest BCUT2D eigenvalue weighted by Gasteiger charge is -2.07. The molecule has 0 N–H and O–H groups in total. The highest BCUT2D eigenvalue weighted by Gasteiger charge is 2.03. The molecule has 13 heavy (non-hydrogen) atoms.